The first-order valence-electron chi connectivity index (χ1n) is 9.34. The van der Waals surface area contributed by atoms with E-state index in [4.69, 9.17) is 0 Å². The van der Waals surface area contributed by atoms with Gasteiger partial charge >= 0.3 is 0 Å². The molecule has 2 aromatic heterocycles. The van der Waals surface area contributed by atoms with Gasteiger partial charge in [-0.25, -0.2) is 9.97 Å². The number of fused-ring (bicyclic) bond motifs is 1. The molecular weight excluding hydrogens is 348 g/mol. The molecule has 4 aromatic rings. The smallest absolute Gasteiger partial charge is 0.234 e. The Bertz CT molecular complexity index is 1110. The first-order valence-corrected chi connectivity index (χ1v) is 9.34. The number of aromatic nitrogens is 3. The van der Waals surface area contributed by atoms with Gasteiger partial charge in [0.25, 0.3) is 0 Å². The van der Waals surface area contributed by atoms with E-state index in [2.05, 4.69) is 40.4 Å². The lowest BCUT2D eigenvalue weighted by molar-refractivity contribution is -0.116. The summed E-state index contributed by atoms with van der Waals surface area (Å²) in [6.45, 7) is 4.05. The zero-order valence-corrected chi connectivity index (χ0v) is 16.0. The number of anilines is 1. The Kier molecular flexibility index (Phi) is 4.89. The number of aryl methyl sites for hydroxylation is 3. The van der Waals surface area contributed by atoms with Gasteiger partial charge in [-0.15, -0.1) is 0 Å². The van der Waals surface area contributed by atoms with Gasteiger partial charge in [0.15, 0.2) is 0 Å². The quantitative estimate of drug-likeness (QED) is 0.559. The van der Waals surface area contributed by atoms with Crippen LogP contribution in [0.5, 0.6) is 0 Å². The van der Waals surface area contributed by atoms with Crippen molar-refractivity contribution in [3.63, 3.8) is 0 Å². The molecule has 4 rings (SSSR count). The molecule has 0 spiro atoms. The molecule has 0 fully saturated rings. The second-order valence-corrected chi connectivity index (χ2v) is 7.02. The molecule has 0 radical (unpaired) electrons. The van der Waals surface area contributed by atoms with Crippen LogP contribution in [0.15, 0.2) is 67.1 Å². The minimum atomic E-state index is 0.0124. The summed E-state index contributed by atoms with van der Waals surface area (Å²) in [6, 6.07) is 16.1. The van der Waals surface area contributed by atoms with Crippen molar-refractivity contribution in [1.82, 2.24) is 14.4 Å². The van der Waals surface area contributed by atoms with E-state index in [1.807, 2.05) is 54.0 Å². The van der Waals surface area contributed by atoms with Crippen LogP contribution < -0.4 is 5.32 Å². The molecule has 0 atom stereocenters. The van der Waals surface area contributed by atoms with E-state index in [0.29, 0.717) is 12.2 Å². The van der Waals surface area contributed by atoms with E-state index < -0.39 is 0 Å². The van der Waals surface area contributed by atoms with Crippen LogP contribution in [0.25, 0.3) is 17.0 Å². The normalized spacial score (nSPS) is 10.9. The number of amides is 1. The van der Waals surface area contributed by atoms with Crippen LogP contribution in [-0.4, -0.2) is 20.3 Å². The highest BCUT2D eigenvalue weighted by atomic mass is 16.1. The van der Waals surface area contributed by atoms with E-state index in [1.165, 1.54) is 11.1 Å². The fourth-order valence-corrected chi connectivity index (χ4v) is 3.22. The molecule has 1 amide bonds. The van der Waals surface area contributed by atoms with Crippen molar-refractivity contribution in [2.24, 2.45) is 0 Å². The zero-order chi connectivity index (χ0) is 19.5. The minimum absolute atomic E-state index is 0.0124. The molecule has 140 valence electrons. The molecule has 2 heterocycles. The molecule has 5 heteroatoms. The lowest BCUT2D eigenvalue weighted by Gasteiger charge is -2.10. The van der Waals surface area contributed by atoms with E-state index in [1.54, 1.807) is 6.20 Å². The van der Waals surface area contributed by atoms with Crippen LogP contribution in [0.1, 0.15) is 23.1 Å². The first-order chi connectivity index (χ1) is 13.6. The largest absolute Gasteiger partial charge is 0.326 e. The van der Waals surface area contributed by atoms with Crippen molar-refractivity contribution in [2.75, 3.05) is 5.32 Å². The third kappa shape index (κ3) is 3.93. The van der Waals surface area contributed by atoms with Crippen molar-refractivity contribution in [3.8, 4) is 11.3 Å². The topological polar surface area (TPSA) is 59.3 Å². The molecule has 0 unspecified atom stereocenters. The standard InChI is InChI=1S/C23H22N4O/c1-16-5-3-6-18(13-16)8-10-22(28)25-20-14-19(9-7-17(20)2)21-15-27-12-4-11-24-23(27)26-21/h3-7,9,11-15H,8,10H2,1-2H3,(H,25,28). The van der Waals surface area contributed by atoms with Crippen LogP contribution in [0.2, 0.25) is 0 Å². The molecule has 0 aliphatic heterocycles. The number of carbonyl (C=O) groups is 1. The lowest BCUT2D eigenvalue weighted by atomic mass is 10.1. The van der Waals surface area contributed by atoms with Crippen molar-refractivity contribution in [2.45, 2.75) is 26.7 Å². The number of hydrogen-bond donors (Lipinski definition) is 1. The summed E-state index contributed by atoms with van der Waals surface area (Å²) in [5.41, 5.74) is 6.01. The summed E-state index contributed by atoms with van der Waals surface area (Å²) < 4.78 is 1.88. The summed E-state index contributed by atoms with van der Waals surface area (Å²) >= 11 is 0. The predicted molar refractivity (Wildman–Crippen MR) is 111 cm³/mol. The maximum absolute atomic E-state index is 12.5. The number of hydrogen-bond acceptors (Lipinski definition) is 3. The van der Waals surface area contributed by atoms with Gasteiger partial charge in [-0.2, -0.15) is 0 Å². The Morgan fingerprint density at radius 1 is 1.11 bits per heavy atom. The number of rotatable bonds is 5. The molecule has 1 N–H and O–H groups in total. The first kappa shape index (κ1) is 17.9. The fourth-order valence-electron chi connectivity index (χ4n) is 3.22. The third-order valence-electron chi connectivity index (χ3n) is 4.77. The average Bonchev–Trinajstić information content (AvgIpc) is 3.12. The van der Waals surface area contributed by atoms with Gasteiger partial charge < -0.3 is 5.32 Å². The highest BCUT2D eigenvalue weighted by Crippen LogP contribution is 2.25. The van der Waals surface area contributed by atoms with E-state index in [-0.39, 0.29) is 5.91 Å². The molecule has 0 saturated heterocycles. The van der Waals surface area contributed by atoms with Gasteiger partial charge in [0.05, 0.1) is 5.69 Å². The average molecular weight is 370 g/mol. The molecule has 2 aromatic carbocycles. The van der Waals surface area contributed by atoms with Gasteiger partial charge in [-0.3, -0.25) is 9.20 Å². The molecule has 5 nitrogen and oxygen atoms in total. The molecule has 28 heavy (non-hydrogen) atoms. The Balaban J connectivity index is 1.49. The zero-order valence-electron chi connectivity index (χ0n) is 16.0. The number of imidazole rings is 1. The Labute approximate surface area is 164 Å². The minimum Gasteiger partial charge on any atom is -0.326 e. The van der Waals surface area contributed by atoms with Crippen molar-refractivity contribution in [3.05, 3.63) is 83.8 Å². The molecule has 0 saturated carbocycles. The van der Waals surface area contributed by atoms with Crippen LogP contribution in [0, 0.1) is 13.8 Å². The molecular formula is C23H22N4O. The van der Waals surface area contributed by atoms with E-state index in [9.17, 15) is 4.79 Å². The SMILES string of the molecule is Cc1cccc(CCC(=O)Nc2cc(-c3cn4cccnc4n3)ccc2C)c1. The van der Waals surface area contributed by atoms with Crippen LogP contribution in [-0.2, 0) is 11.2 Å². The fraction of sp³-hybridized carbons (Fsp3) is 0.174. The van der Waals surface area contributed by atoms with Crippen molar-refractivity contribution >= 4 is 17.4 Å². The predicted octanol–water partition coefficient (Wildman–Crippen LogP) is 4.58. The van der Waals surface area contributed by atoms with Crippen molar-refractivity contribution in [1.29, 1.82) is 0 Å². The summed E-state index contributed by atoms with van der Waals surface area (Å²) in [5.74, 6) is 0.667. The lowest BCUT2D eigenvalue weighted by Crippen LogP contribution is -2.13. The second-order valence-electron chi connectivity index (χ2n) is 7.02. The number of carbonyl (C=O) groups excluding carboxylic acids is 1. The Hall–Kier alpha value is -3.47. The Morgan fingerprint density at radius 2 is 2.00 bits per heavy atom. The maximum atomic E-state index is 12.5. The summed E-state index contributed by atoms with van der Waals surface area (Å²) in [7, 11) is 0. The van der Waals surface area contributed by atoms with Crippen LogP contribution >= 0.6 is 0 Å². The second kappa shape index (κ2) is 7.64. The number of benzene rings is 2. The van der Waals surface area contributed by atoms with Gasteiger partial charge in [0.2, 0.25) is 11.7 Å². The van der Waals surface area contributed by atoms with Gasteiger partial charge in [-0.05, 0) is 43.5 Å². The highest BCUT2D eigenvalue weighted by Gasteiger charge is 2.10. The summed E-state index contributed by atoms with van der Waals surface area (Å²) in [4.78, 5) is 21.3. The van der Waals surface area contributed by atoms with E-state index in [0.717, 1.165) is 28.9 Å². The number of nitrogens with zero attached hydrogens (tertiary/aromatic N) is 3. The highest BCUT2D eigenvalue weighted by molar-refractivity contribution is 5.92. The third-order valence-corrected chi connectivity index (χ3v) is 4.77. The monoisotopic (exact) mass is 370 g/mol. The Morgan fingerprint density at radius 3 is 2.82 bits per heavy atom. The molecule has 0 aliphatic carbocycles. The summed E-state index contributed by atoms with van der Waals surface area (Å²) in [5, 5.41) is 3.05. The van der Waals surface area contributed by atoms with Gasteiger partial charge in [0.1, 0.15) is 0 Å². The van der Waals surface area contributed by atoms with E-state index >= 15 is 0 Å². The van der Waals surface area contributed by atoms with Crippen LogP contribution in [0.3, 0.4) is 0 Å². The van der Waals surface area contributed by atoms with Gasteiger partial charge in [0, 0.05) is 36.3 Å². The van der Waals surface area contributed by atoms with Gasteiger partial charge in [-0.1, -0.05) is 42.0 Å². The molecule has 0 aliphatic rings. The maximum Gasteiger partial charge on any atom is 0.234 e. The number of nitrogens with one attached hydrogen (secondary N) is 1. The van der Waals surface area contributed by atoms with Crippen molar-refractivity contribution < 1.29 is 4.79 Å². The summed E-state index contributed by atoms with van der Waals surface area (Å²) in [6.07, 6.45) is 6.76. The van der Waals surface area contributed by atoms with Crippen LogP contribution in [0.4, 0.5) is 5.69 Å². The molecule has 0 bridgehead atoms.